The molecule has 9 heteroatoms. The van der Waals surface area contributed by atoms with Gasteiger partial charge in [0.05, 0.1) is 9.85 Å². The van der Waals surface area contributed by atoms with Gasteiger partial charge in [-0.3, -0.25) is 30.3 Å². The van der Waals surface area contributed by atoms with E-state index in [1.165, 1.54) is 0 Å². The van der Waals surface area contributed by atoms with E-state index in [0.717, 1.165) is 0 Å². The van der Waals surface area contributed by atoms with Crippen LogP contribution in [-0.4, -0.2) is 26.5 Å². The normalized spacial score (nSPS) is 64.3. The molecule has 0 spiro atoms. The smallest absolute Gasteiger partial charge is 0.264 e. The molecule has 0 radical (unpaired) electrons. The van der Waals surface area contributed by atoms with Crippen molar-refractivity contribution in [2.24, 2.45) is 59.2 Å². The minimum Gasteiger partial charge on any atom is -0.264 e. The summed E-state index contributed by atoms with van der Waals surface area (Å²) >= 11 is 0. The molecule has 9 nitrogen and oxygen atoms in total. The molecule has 0 aliphatic heterocycles. The summed E-state index contributed by atoms with van der Waals surface area (Å²) in [4.78, 5) is 33.2. The fourth-order valence-electron chi connectivity index (χ4n) is 8.72. The lowest BCUT2D eigenvalue weighted by Crippen LogP contribution is -2.52. The molecule has 0 N–H and O–H groups in total. The van der Waals surface area contributed by atoms with Gasteiger partial charge < -0.3 is 0 Å². The van der Waals surface area contributed by atoms with Crippen molar-refractivity contribution < 1.29 is 14.8 Å². The highest BCUT2D eigenvalue weighted by atomic mass is 16.7. The summed E-state index contributed by atoms with van der Waals surface area (Å²) < 4.78 is 0. The standard InChI is InChI=1S/C12H11N3O6/c16-13(17)11-7-1-2-4-3(1)9-5(7)6(8(2)11)10(4)12(9,14(18)19)15(20)21/h1-11H/t1-,2+,3+,4-,5-,6-,7-,8-,9+,10+,11?/m0/s1. The summed E-state index contributed by atoms with van der Waals surface area (Å²) in [5, 5.41) is 34.7. The lowest BCUT2D eigenvalue weighted by atomic mass is 9.60. The topological polar surface area (TPSA) is 129 Å². The van der Waals surface area contributed by atoms with Crippen molar-refractivity contribution in [1.29, 1.82) is 0 Å². The largest absolute Gasteiger partial charge is 0.465 e. The second kappa shape index (κ2) is 2.52. The molecule has 0 aromatic rings. The van der Waals surface area contributed by atoms with Crippen LogP contribution in [0.15, 0.2) is 0 Å². The van der Waals surface area contributed by atoms with E-state index < -0.39 is 33.4 Å². The molecule has 0 aromatic heterocycles. The number of rotatable bonds is 3. The Labute approximate surface area is 117 Å². The predicted octanol–water partition coefficient (Wildman–Crippen LogP) is 0.125. The molecule has 7 aliphatic carbocycles. The number of hydrogen-bond donors (Lipinski definition) is 0. The van der Waals surface area contributed by atoms with Gasteiger partial charge in [-0.1, -0.05) is 0 Å². The average Bonchev–Trinajstić information content (AvgIpc) is 2.96. The second-order valence-corrected chi connectivity index (χ2v) is 7.74. The van der Waals surface area contributed by atoms with Crippen molar-refractivity contribution in [2.75, 3.05) is 0 Å². The molecule has 11 atom stereocenters. The van der Waals surface area contributed by atoms with Crippen molar-refractivity contribution in [3.63, 3.8) is 0 Å². The highest BCUT2D eigenvalue weighted by molar-refractivity contribution is 5.39. The molecule has 1 unspecified atom stereocenters. The first kappa shape index (κ1) is 10.9. The monoisotopic (exact) mass is 293 g/mol. The van der Waals surface area contributed by atoms with Crippen LogP contribution in [0.5, 0.6) is 0 Å². The Morgan fingerprint density at radius 2 is 1.00 bits per heavy atom. The van der Waals surface area contributed by atoms with E-state index in [0.29, 0.717) is 0 Å². The zero-order valence-corrected chi connectivity index (χ0v) is 10.6. The Morgan fingerprint density at radius 3 is 1.33 bits per heavy atom. The highest BCUT2D eigenvalue weighted by Crippen LogP contribution is 2.93. The molecule has 0 heterocycles. The third kappa shape index (κ3) is 0.643. The zero-order valence-electron chi connectivity index (χ0n) is 10.6. The van der Waals surface area contributed by atoms with Crippen molar-refractivity contribution in [3.05, 3.63) is 30.3 Å². The molecule has 7 saturated carbocycles. The van der Waals surface area contributed by atoms with E-state index in [2.05, 4.69) is 0 Å². The SMILES string of the molecule is O=[N+]([O-])C1[C@H]2[C@H]3[C@H]4[C@H]1[C@@H]1[C@@H]2[C@H]2[C@H]3[C@H]4[C@H]1C2([N+](=O)[O-])[N+](=O)[O-]. The van der Waals surface area contributed by atoms with Crippen LogP contribution in [0.4, 0.5) is 0 Å². The number of hydrogen-bond acceptors (Lipinski definition) is 6. The van der Waals surface area contributed by atoms with Crippen molar-refractivity contribution in [1.82, 2.24) is 0 Å². The summed E-state index contributed by atoms with van der Waals surface area (Å²) in [6.07, 6.45) is 0. The first-order valence-electron chi connectivity index (χ1n) is 7.38. The van der Waals surface area contributed by atoms with Gasteiger partial charge in [-0.15, -0.1) is 0 Å². The van der Waals surface area contributed by atoms with Crippen LogP contribution in [0.3, 0.4) is 0 Å². The van der Waals surface area contributed by atoms with Crippen LogP contribution in [-0.2, 0) is 0 Å². The van der Waals surface area contributed by atoms with Crippen LogP contribution >= 0.6 is 0 Å². The maximum absolute atomic E-state index is 11.6. The maximum atomic E-state index is 11.6. The molecule has 7 rings (SSSR count). The minimum atomic E-state index is -2.04. The molecule has 7 fully saturated rings. The molecule has 4 bridgehead atoms. The van der Waals surface area contributed by atoms with Gasteiger partial charge in [0.2, 0.25) is 6.04 Å². The van der Waals surface area contributed by atoms with Crippen LogP contribution in [0.2, 0.25) is 0 Å². The molecule has 110 valence electrons. The lowest BCUT2D eigenvalue weighted by Gasteiger charge is -2.42. The molecular weight excluding hydrogens is 282 g/mol. The Hall–Kier alpha value is -1.80. The third-order valence-corrected chi connectivity index (χ3v) is 8.26. The predicted molar refractivity (Wildman–Crippen MR) is 62.4 cm³/mol. The molecule has 21 heavy (non-hydrogen) atoms. The fraction of sp³-hybridized carbons (Fsp3) is 1.00. The van der Waals surface area contributed by atoms with Crippen molar-refractivity contribution in [3.8, 4) is 0 Å². The highest BCUT2D eigenvalue weighted by Gasteiger charge is 3.03. The van der Waals surface area contributed by atoms with E-state index in [-0.39, 0.29) is 52.3 Å². The average molecular weight is 293 g/mol. The minimum absolute atomic E-state index is 0.0111. The van der Waals surface area contributed by atoms with Gasteiger partial charge in [0.25, 0.3) is 0 Å². The Morgan fingerprint density at radius 1 is 0.619 bits per heavy atom. The summed E-state index contributed by atoms with van der Waals surface area (Å²) in [6.45, 7) is 0. The van der Waals surface area contributed by atoms with Crippen molar-refractivity contribution >= 4 is 0 Å². The number of nitro groups is 3. The van der Waals surface area contributed by atoms with Gasteiger partial charge in [-0.2, -0.15) is 0 Å². The maximum Gasteiger partial charge on any atom is 0.465 e. The zero-order chi connectivity index (χ0) is 14.6. The second-order valence-electron chi connectivity index (χ2n) is 7.74. The van der Waals surface area contributed by atoms with Gasteiger partial charge in [0.15, 0.2) is 0 Å². The lowest BCUT2D eigenvalue weighted by molar-refractivity contribution is -0.809. The summed E-state index contributed by atoms with van der Waals surface area (Å²) in [5.74, 6) is -1.30. The summed E-state index contributed by atoms with van der Waals surface area (Å²) in [5.41, 5.74) is -2.04. The molecule has 7 aliphatic rings. The molecule has 0 saturated heterocycles. The van der Waals surface area contributed by atoms with Crippen molar-refractivity contribution in [2.45, 2.75) is 11.7 Å². The molecule has 0 amide bonds. The fourth-order valence-corrected chi connectivity index (χ4v) is 8.72. The third-order valence-electron chi connectivity index (χ3n) is 8.26. The van der Waals surface area contributed by atoms with E-state index >= 15 is 0 Å². The van der Waals surface area contributed by atoms with E-state index in [1.54, 1.807) is 0 Å². The van der Waals surface area contributed by atoms with Gasteiger partial charge in [-0.05, 0) is 35.5 Å². The van der Waals surface area contributed by atoms with Crippen LogP contribution < -0.4 is 0 Å². The number of nitrogens with zero attached hydrogens (tertiary/aromatic N) is 3. The van der Waals surface area contributed by atoms with Gasteiger partial charge >= 0.3 is 5.66 Å². The Kier molecular flexibility index (Phi) is 1.30. The van der Waals surface area contributed by atoms with E-state index in [9.17, 15) is 30.3 Å². The van der Waals surface area contributed by atoms with Crippen LogP contribution in [0.1, 0.15) is 0 Å². The summed E-state index contributed by atoms with van der Waals surface area (Å²) in [7, 11) is 0. The molecule has 0 aromatic carbocycles. The van der Waals surface area contributed by atoms with Crippen LogP contribution in [0, 0.1) is 89.5 Å². The van der Waals surface area contributed by atoms with Gasteiger partial charge in [0, 0.05) is 16.8 Å². The molecular formula is C12H11N3O6. The van der Waals surface area contributed by atoms with E-state index in [4.69, 9.17) is 0 Å². The summed E-state index contributed by atoms with van der Waals surface area (Å²) in [6, 6.07) is -0.589. The Bertz CT molecular complexity index is 630. The Balaban J connectivity index is 1.61. The van der Waals surface area contributed by atoms with Gasteiger partial charge in [-0.25, -0.2) is 0 Å². The van der Waals surface area contributed by atoms with E-state index in [1.807, 2.05) is 0 Å². The quantitative estimate of drug-likeness (QED) is 0.413. The van der Waals surface area contributed by atoms with Gasteiger partial charge in [0.1, 0.15) is 11.8 Å². The van der Waals surface area contributed by atoms with Crippen LogP contribution in [0.25, 0.3) is 0 Å². The first-order valence-corrected chi connectivity index (χ1v) is 7.38. The first-order chi connectivity index (χ1) is 9.95.